The van der Waals surface area contributed by atoms with E-state index < -0.39 is 0 Å². The van der Waals surface area contributed by atoms with Crippen LogP contribution in [0.5, 0.6) is 5.75 Å². The molecule has 0 aliphatic carbocycles. The SMILES string of the molecule is CN(Cc1cnccn1)C(=O)C[C@@H](c1cccc(O)c1)c1cccc(Cl)c1. The number of rotatable bonds is 6. The van der Waals surface area contributed by atoms with Crippen LogP contribution in [-0.4, -0.2) is 32.9 Å². The zero-order valence-electron chi connectivity index (χ0n) is 14.9. The maximum atomic E-state index is 12.9. The molecule has 5 nitrogen and oxygen atoms in total. The first kappa shape index (κ1) is 18.9. The first-order valence-corrected chi connectivity index (χ1v) is 8.94. The van der Waals surface area contributed by atoms with Crippen LogP contribution in [0.2, 0.25) is 5.02 Å². The summed E-state index contributed by atoms with van der Waals surface area (Å²) in [4.78, 5) is 22.7. The van der Waals surface area contributed by atoms with Gasteiger partial charge in [-0.15, -0.1) is 0 Å². The Morgan fingerprint density at radius 2 is 1.89 bits per heavy atom. The van der Waals surface area contributed by atoms with E-state index in [0.29, 0.717) is 11.6 Å². The molecule has 0 aliphatic heterocycles. The van der Waals surface area contributed by atoms with E-state index in [9.17, 15) is 9.90 Å². The van der Waals surface area contributed by atoms with Gasteiger partial charge in [0, 0.05) is 36.8 Å². The van der Waals surface area contributed by atoms with Crippen molar-refractivity contribution in [1.29, 1.82) is 0 Å². The summed E-state index contributed by atoms with van der Waals surface area (Å²) < 4.78 is 0. The maximum absolute atomic E-state index is 12.9. The van der Waals surface area contributed by atoms with Crippen LogP contribution in [0.1, 0.15) is 29.2 Å². The summed E-state index contributed by atoms with van der Waals surface area (Å²) in [7, 11) is 1.74. The molecule has 1 heterocycles. The Kier molecular flexibility index (Phi) is 6.04. The van der Waals surface area contributed by atoms with Crippen LogP contribution < -0.4 is 0 Å². The van der Waals surface area contributed by atoms with Gasteiger partial charge in [-0.1, -0.05) is 35.9 Å². The van der Waals surface area contributed by atoms with Gasteiger partial charge in [0.1, 0.15) is 5.75 Å². The average molecular weight is 382 g/mol. The van der Waals surface area contributed by atoms with Crippen LogP contribution in [0.25, 0.3) is 0 Å². The molecule has 1 amide bonds. The minimum absolute atomic E-state index is 0.0334. The summed E-state index contributed by atoms with van der Waals surface area (Å²) >= 11 is 6.15. The zero-order valence-corrected chi connectivity index (χ0v) is 15.7. The molecule has 0 bridgehead atoms. The molecule has 6 heteroatoms. The molecule has 0 spiro atoms. The van der Waals surface area contributed by atoms with Crippen LogP contribution in [0.3, 0.4) is 0 Å². The number of phenolic OH excluding ortho intramolecular Hbond substituents is 1. The summed E-state index contributed by atoms with van der Waals surface area (Å²) in [6.45, 7) is 0.384. The number of carbonyl (C=O) groups is 1. The van der Waals surface area contributed by atoms with Gasteiger partial charge in [0.25, 0.3) is 0 Å². The van der Waals surface area contributed by atoms with E-state index in [1.807, 2.05) is 24.3 Å². The van der Waals surface area contributed by atoms with Gasteiger partial charge < -0.3 is 10.0 Å². The van der Waals surface area contributed by atoms with Crippen molar-refractivity contribution in [2.45, 2.75) is 18.9 Å². The number of phenols is 1. The Morgan fingerprint density at radius 1 is 1.15 bits per heavy atom. The van der Waals surface area contributed by atoms with E-state index in [1.165, 1.54) is 0 Å². The van der Waals surface area contributed by atoms with Gasteiger partial charge in [0.2, 0.25) is 5.91 Å². The molecule has 0 radical (unpaired) electrons. The van der Waals surface area contributed by atoms with Gasteiger partial charge in [-0.3, -0.25) is 14.8 Å². The minimum atomic E-state index is -0.215. The summed E-state index contributed by atoms with van der Waals surface area (Å²) in [6.07, 6.45) is 5.10. The maximum Gasteiger partial charge on any atom is 0.223 e. The Bertz CT molecular complexity index is 873. The summed E-state index contributed by atoms with van der Waals surface area (Å²) in [5.41, 5.74) is 2.51. The first-order valence-electron chi connectivity index (χ1n) is 8.56. The fourth-order valence-corrected chi connectivity index (χ4v) is 3.17. The van der Waals surface area contributed by atoms with E-state index in [-0.39, 0.29) is 24.0 Å². The molecule has 27 heavy (non-hydrogen) atoms. The van der Waals surface area contributed by atoms with Gasteiger partial charge in [-0.05, 0) is 35.4 Å². The number of hydrogen-bond donors (Lipinski definition) is 1. The third kappa shape index (κ3) is 5.05. The number of halogens is 1. The number of nitrogens with zero attached hydrogens (tertiary/aromatic N) is 3. The van der Waals surface area contributed by atoms with Crippen molar-refractivity contribution < 1.29 is 9.90 Å². The van der Waals surface area contributed by atoms with Crippen molar-refractivity contribution in [1.82, 2.24) is 14.9 Å². The molecule has 3 aromatic rings. The van der Waals surface area contributed by atoms with E-state index in [1.54, 1.807) is 54.8 Å². The lowest BCUT2D eigenvalue weighted by Crippen LogP contribution is -2.28. The van der Waals surface area contributed by atoms with Crippen LogP contribution in [-0.2, 0) is 11.3 Å². The minimum Gasteiger partial charge on any atom is -0.508 e. The second-order valence-corrected chi connectivity index (χ2v) is 6.79. The standard InChI is InChI=1S/C21H20ClN3O2/c1-25(14-18-13-23-8-9-24-18)21(27)12-20(15-4-2-6-17(22)10-15)16-5-3-7-19(26)11-16/h2-11,13,20,26H,12,14H2,1H3/t20-/m1/s1. The quantitative estimate of drug-likeness (QED) is 0.700. The van der Waals surface area contributed by atoms with Crippen molar-refractivity contribution in [3.8, 4) is 5.75 Å². The van der Waals surface area contributed by atoms with Crippen LogP contribution in [0.15, 0.2) is 67.1 Å². The van der Waals surface area contributed by atoms with E-state index in [0.717, 1.165) is 16.8 Å². The molecule has 0 fully saturated rings. The molecule has 0 unspecified atom stereocenters. The highest BCUT2D eigenvalue weighted by atomic mass is 35.5. The van der Waals surface area contributed by atoms with Crippen LogP contribution in [0, 0.1) is 0 Å². The van der Waals surface area contributed by atoms with Crippen LogP contribution in [0.4, 0.5) is 0 Å². The van der Waals surface area contributed by atoms with Crippen molar-refractivity contribution in [2.75, 3.05) is 7.05 Å². The lowest BCUT2D eigenvalue weighted by atomic mass is 9.88. The Labute approximate surface area is 163 Å². The second-order valence-electron chi connectivity index (χ2n) is 6.35. The average Bonchev–Trinajstić information content (AvgIpc) is 2.66. The van der Waals surface area contributed by atoms with Crippen molar-refractivity contribution in [3.63, 3.8) is 0 Å². The zero-order chi connectivity index (χ0) is 19.2. The highest BCUT2D eigenvalue weighted by molar-refractivity contribution is 6.30. The number of carbonyl (C=O) groups excluding carboxylic acids is 1. The molecule has 0 saturated carbocycles. The largest absolute Gasteiger partial charge is 0.508 e. The van der Waals surface area contributed by atoms with E-state index in [4.69, 9.17) is 11.6 Å². The molecular formula is C21H20ClN3O2. The number of benzene rings is 2. The Balaban J connectivity index is 1.83. The number of aromatic hydroxyl groups is 1. The molecule has 0 saturated heterocycles. The monoisotopic (exact) mass is 381 g/mol. The Morgan fingerprint density at radius 3 is 2.56 bits per heavy atom. The molecule has 0 aliphatic rings. The van der Waals surface area contributed by atoms with Gasteiger partial charge in [0.05, 0.1) is 18.4 Å². The number of aromatic nitrogens is 2. The predicted molar refractivity (Wildman–Crippen MR) is 105 cm³/mol. The predicted octanol–water partition coefficient (Wildman–Crippen LogP) is 4.02. The smallest absolute Gasteiger partial charge is 0.223 e. The third-order valence-electron chi connectivity index (χ3n) is 4.34. The van der Waals surface area contributed by atoms with Crippen LogP contribution >= 0.6 is 11.6 Å². The van der Waals surface area contributed by atoms with Crippen molar-refractivity contribution in [3.05, 3.63) is 89.0 Å². The fourth-order valence-electron chi connectivity index (χ4n) is 2.97. The molecule has 138 valence electrons. The number of amides is 1. The van der Waals surface area contributed by atoms with E-state index in [2.05, 4.69) is 9.97 Å². The lowest BCUT2D eigenvalue weighted by Gasteiger charge is -2.22. The molecular weight excluding hydrogens is 362 g/mol. The molecule has 1 N–H and O–H groups in total. The van der Waals surface area contributed by atoms with Gasteiger partial charge in [0.15, 0.2) is 0 Å². The van der Waals surface area contributed by atoms with Gasteiger partial charge in [-0.2, -0.15) is 0 Å². The molecule has 1 atom stereocenters. The van der Waals surface area contributed by atoms with E-state index >= 15 is 0 Å². The summed E-state index contributed by atoms with van der Waals surface area (Å²) in [6, 6.07) is 14.4. The first-order chi connectivity index (χ1) is 13.0. The van der Waals surface area contributed by atoms with Crippen molar-refractivity contribution in [2.24, 2.45) is 0 Å². The molecule has 1 aromatic heterocycles. The highest BCUT2D eigenvalue weighted by Crippen LogP contribution is 2.32. The summed E-state index contributed by atoms with van der Waals surface area (Å²) in [5, 5.41) is 10.5. The van der Waals surface area contributed by atoms with Gasteiger partial charge in [-0.25, -0.2) is 0 Å². The third-order valence-corrected chi connectivity index (χ3v) is 4.58. The molecule has 3 rings (SSSR count). The Hall–Kier alpha value is -2.92. The number of hydrogen-bond acceptors (Lipinski definition) is 4. The van der Waals surface area contributed by atoms with Crippen molar-refractivity contribution >= 4 is 17.5 Å². The van der Waals surface area contributed by atoms with Gasteiger partial charge >= 0.3 is 0 Å². The highest BCUT2D eigenvalue weighted by Gasteiger charge is 2.21. The topological polar surface area (TPSA) is 66.3 Å². The lowest BCUT2D eigenvalue weighted by molar-refractivity contribution is -0.130. The normalized spacial score (nSPS) is 11.8. The fraction of sp³-hybridized carbons (Fsp3) is 0.190. The molecule has 2 aromatic carbocycles. The summed E-state index contributed by atoms with van der Waals surface area (Å²) in [5.74, 6) is -0.0820. The second kappa shape index (κ2) is 8.64.